The lowest BCUT2D eigenvalue weighted by Crippen LogP contribution is -2.28. The Morgan fingerprint density at radius 1 is 1.25 bits per heavy atom. The van der Waals surface area contributed by atoms with Crippen LogP contribution in [0.3, 0.4) is 0 Å². The highest BCUT2D eigenvalue weighted by Gasteiger charge is 2.25. The fraction of sp³-hybridized carbons (Fsp3) is 0.263. The van der Waals surface area contributed by atoms with Crippen molar-refractivity contribution in [3.63, 3.8) is 0 Å². The average molecular weight is 325 g/mol. The summed E-state index contributed by atoms with van der Waals surface area (Å²) < 4.78 is 10.1. The largest absolute Gasteiger partial charge is 0.465 e. The molecule has 2 rings (SSSR count). The van der Waals surface area contributed by atoms with Gasteiger partial charge >= 0.3 is 5.97 Å². The van der Waals surface area contributed by atoms with E-state index in [-0.39, 0.29) is 5.78 Å². The Kier molecular flexibility index (Phi) is 5.56. The van der Waals surface area contributed by atoms with Crippen LogP contribution in [0.25, 0.3) is 0 Å². The van der Waals surface area contributed by atoms with E-state index in [1.807, 2.05) is 0 Å². The third-order valence-corrected chi connectivity index (χ3v) is 3.78. The van der Waals surface area contributed by atoms with Gasteiger partial charge in [-0.2, -0.15) is 0 Å². The SMILES string of the molecule is COC(=O)c1ccc(C#CCCC2(OC)C=CC(=O)C=C2)c(N)c1. The molecule has 0 atom stereocenters. The highest BCUT2D eigenvalue weighted by Crippen LogP contribution is 2.24. The van der Waals surface area contributed by atoms with Gasteiger partial charge < -0.3 is 15.2 Å². The number of nitrogens with two attached hydrogens (primary N) is 1. The number of anilines is 1. The van der Waals surface area contributed by atoms with Crippen molar-refractivity contribution < 1.29 is 19.1 Å². The first-order valence-electron chi connectivity index (χ1n) is 7.44. The average Bonchev–Trinajstić information content (AvgIpc) is 2.61. The van der Waals surface area contributed by atoms with E-state index in [2.05, 4.69) is 16.6 Å². The van der Waals surface area contributed by atoms with Crippen LogP contribution < -0.4 is 5.73 Å². The standard InChI is InChI=1S/C19H19NO4/c1-23-18(22)15-7-6-14(17(20)13-15)5-3-4-10-19(24-2)11-8-16(21)9-12-19/h6-9,11-13H,4,10,20H2,1-2H3. The maximum Gasteiger partial charge on any atom is 0.337 e. The molecule has 0 radical (unpaired) electrons. The highest BCUT2D eigenvalue weighted by molar-refractivity contribution is 6.00. The number of hydrogen-bond acceptors (Lipinski definition) is 5. The summed E-state index contributed by atoms with van der Waals surface area (Å²) in [6.45, 7) is 0. The Bertz CT molecular complexity index is 749. The summed E-state index contributed by atoms with van der Waals surface area (Å²) in [5.41, 5.74) is 6.78. The third kappa shape index (κ3) is 4.12. The molecule has 2 N–H and O–H groups in total. The van der Waals surface area contributed by atoms with E-state index >= 15 is 0 Å². The Hall–Kier alpha value is -2.84. The molecule has 1 aromatic carbocycles. The number of hydrogen-bond donors (Lipinski definition) is 1. The summed E-state index contributed by atoms with van der Waals surface area (Å²) in [4.78, 5) is 22.7. The molecule has 0 saturated heterocycles. The minimum Gasteiger partial charge on any atom is -0.465 e. The molecule has 1 aliphatic rings. The van der Waals surface area contributed by atoms with E-state index in [1.54, 1.807) is 37.5 Å². The van der Waals surface area contributed by atoms with Gasteiger partial charge in [0.05, 0.1) is 12.7 Å². The van der Waals surface area contributed by atoms with Crippen molar-refractivity contribution in [3.8, 4) is 11.8 Å². The van der Waals surface area contributed by atoms with Gasteiger partial charge in [-0.05, 0) is 48.9 Å². The van der Waals surface area contributed by atoms with Crippen LogP contribution in [0.15, 0.2) is 42.5 Å². The number of rotatable bonds is 4. The Labute approximate surface area is 141 Å². The predicted octanol–water partition coefficient (Wildman–Crippen LogP) is 2.27. The molecule has 0 saturated carbocycles. The quantitative estimate of drug-likeness (QED) is 0.522. The zero-order chi connectivity index (χ0) is 17.6. The lowest BCUT2D eigenvalue weighted by molar-refractivity contribution is -0.110. The van der Waals surface area contributed by atoms with Gasteiger partial charge in [0.15, 0.2) is 5.78 Å². The Morgan fingerprint density at radius 3 is 2.54 bits per heavy atom. The highest BCUT2D eigenvalue weighted by atomic mass is 16.5. The van der Waals surface area contributed by atoms with Gasteiger partial charge in [0.25, 0.3) is 0 Å². The zero-order valence-electron chi connectivity index (χ0n) is 13.7. The van der Waals surface area contributed by atoms with Crippen molar-refractivity contribution in [2.45, 2.75) is 18.4 Å². The maximum absolute atomic E-state index is 11.4. The van der Waals surface area contributed by atoms with E-state index in [0.29, 0.717) is 29.7 Å². The van der Waals surface area contributed by atoms with Gasteiger partial charge in [0, 0.05) is 24.8 Å². The topological polar surface area (TPSA) is 78.6 Å². The van der Waals surface area contributed by atoms with Crippen LogP contribution in [0, 0.1) is 11.8 Å². The minimum atomic E-state index is -0.594. The molecule has 0 amide bonds. The first kappa shape index (κ1) is 17.5. The molecule has 0 spiro atoms. The van der Waals surface area contributed by atoms with Crippen molar-refractivity contribution in [1.29, 1.82) is 0 Å². The van der Waals surface area contributed by atoms with Gasteiger partial charge in [-0.25, -0.2) is 4.79 Å². The smallest absolute Gasteiger partial charge is 0.337 e. The summed E-state index contributed by atoms with van der Waals surface area (Å²) in [6, 6.07) is 4.87. The number of nitrogen functional groups attached to an aromatic ring is 1. The van der Waals surface area contributed by atoms with E-state index in [9.17, 15) is 9.59 Å². The molecular weight excluding hydrogens is 306 g/mol. The molecule has 0 fully saturated rings. The number of ether oxygens (including phenoxy) is 2. The van der Waals surface area contributed by atoms with Crippen LogP contribution in [0.1, 0.15) is 28.8 Å². The van der Waals surface area contributed by atoms with Crippen molar-refractivity contribution in [2.75, 3.05) is 20.0 Å². The molecule has 5 nitrogen and oxygen atoms in total. The number of benzene rings is 1. The number of allylic oxidation sites excluding steroid dienone is 2. The molecule has 0 aliphatic heterocycles. The van der Waals surface area contributed by atoms with Crippen LogP contribution in [-0.2, 0) is 14.3 Å². The molecule has 24 heavy (non-hydrogen) atoms. The van der Waals surface area contributed by atoms with Crippen LogP contribution >= 0.6 is 0 Å². The number of carbonyl (C=O) groups is 2. The Morgan fingerprint density at radius 2 is 1.96 bits per heavy atom. The van der Waals surface area contributed by atoms with Gasteiger partial charge in [-0.1, -0.05) is 11.8 Å². The van der Waals surface area contributed by atoms with E-state index in [0.717, 1.165) is 0 Å². The second-order valence-corrected chi connectivity index (χ2v) is 5.32. The number of carbonyl (C=O) groups excluding carboxylic acids is 2. The van der Waals surface area contributed by atoms with E-state index in [4.69, 9.17) is 10.5 Å². The monoisotopic (exact) mass is 325 g/mol. The van der Waals surface area contributed by atoms with Crippen molar-refractivity contribution in [1.82, 2.24) is 0 Å². The Balaban J connectivity index is 2.03. The summed E-state index contributed by atoms with van der Waals surface area (Å²) >= 11 is 0. The van der Waals surface area contributed by atoms with E-state index < -0.39 is 11.6 Å². The molecule has 124 valence electrons. The summed E-state index contributed by atoms with van der Waals surface area (Å²) in [6.07, 6.45) is 7.68. The minimum absolute atomic E-state index is 0.0489. The van der Waals surface area contributed by atoms with Gasteiger partial charge in [-0.3, -0.25) is 4.79 Å². The van der Waals surface area contributed by atoms with E-state index in [1.165, 1.54) is 19.3 Å². The van der Waals surface area contributed by atoms with Crippen molar-refractivity contribution in [3.05, 3.63) is 53.6 Å². The molecule has 0 aromatic heterocycles. The van der Waals surface area contributed by atoms with Gasteiger partial charge in [0.2, 0.25) is 0 Å². The predicted molar refractivity (Wildman–Crippen MR) is 91.3 cm³/mol. The fourth-order valence-corrected chi connectivity index (χ4v) is 2.30. The molecule has 1 aromatic rings. The lowest BCUT2D eigenvalue weighted by Gasteiger charge is -2.26. The molecule has 0 bridgehead atoms. The summed E-state index contributed by atoms with van der Waals surface area (Å²) in [5, 5.41) is 0. The lowest BCUT2D eigenvalue weighted by atomic mass is 9.92. The first-order chi connectivity index (χ1) is 11.5. The molecule has 1 aliphatic carbocycles. The first-order valence-corrected chi connectivity index (χ1v) is 7.44. The fourth-order valence-electron chi connectivity index (χ4n) is 2.30. The van der Waals surface area contributed by atoms with Crippen molar-refractivity contribution in [2.24, 2.45) is 0 Å². The molecule has 0 unspecified atom stereocenters. The van der Waals surface area contributed by atoms with Gasteiger partial charge in [0.1, 0.15) is 5.60 Å². The van der Waals surface area contributed by atoms with Crippen LogP contribution in [0.4, 0.5) is 5.69 Å². The summed E-state index contributed by atoms with van der Waals surface area (Å²) in [5.74, 6) is 5.55. The normalized spacial score (nSPS) is 14.8. The van der Waals surface area contributed by atoms with Crippen LogP contribution in [-0.4, -0.2) is 31.6 Å². The second kappa shape index (κ2) is 7.62. The molecule has 5 heteroatoms. The second-order valence-electron chi connectivity index (χ2n) is 5.32. The number of methoxy groups -OCH3 is 2. The number of esters is 1. The van der Waals surface area contributed by atoms with Crippen molar-refractivity contribution >= 4 is 17.4 Å². The maximum atomic E-state index is 11.4. The molecule has 0 heterocycles. The van der Waals surface area contributed by atoms with Crippen LogP contribution in [0.5, 0.6) is 0 Å². The molecular formula is C19H19NO4. The number of ketones is 1. The zero-order valence-corrected chi connectivity index (χ0v) is 13.7. The van der Waals surface area contributed by atoms with Crippen LogP contribution in [0.2, 0.25) is 0 Å². The third-order valence-electron chi connectivity index (χ3n) is 3.78. The summed E-state index contributed by atoms with van der Waals surface area (Å²) in [7, 11) is 2.92. The van der Waals surface area contributed by atoms with Gasteiger partial charge in [-0.15, -0.1) is 0 Å².